The lowest BCUT2D eigenvalue weighted by atomic mass is 9.93. The second kappa shape index (κ2) is 11.0. The molecule has 0 saturated heterocycles. The van der Waals surface area contributed by atoms with Crippen LogP contribution in [0.4, 0.5) is 49.6 Å². The van der Waals surface area contributed by atoms with Crippen molar-refractivity contribution in [3.05, 3.63) is 57.5 Å². The Morgan fingerprint density at radius 3 is 2.10 bits per heavy atom. The second-order valence-corrected chi connectivity index (χ2v) is 9.00. The summed E-state index contributed by atoms with van der Waals surface area (Å²) in [7, 11) is 0. The molecule has 1 aliphatic rings. The molecule has 40 heavy (non-hydrogen) atoms. The zero-order chi connectivity index (χ0) is 30.3. The van der Waals surface area contributed by atoms with Gasteiger partial charge >= 0.3 is 24.4 Å². The number of hydrogen-bond acceptors (Lipinski definition) is 5. The van der Waals surface area contributed by atoms with E-state index in [0.29, 0.717) is 6.21 Å². The predicted molar refractivity (Wildman–Crippen MR) is 123 cm³/mol. The van der Waals surface area contributed by atoms with Crippen molar-refractivity contribution in [2.24, 2.45) is 0 Å². The van der Waals surface area contributed by atoms with Gasteiger partial charge in [0.05, 0.1) is 10.6 Å². The molecule has 1 heterocycles. The Morgan fingerprint density at radius 1 is 1.00 bits per heavy atom. The molecule has 1 aliphatic carbocycles. The maximum Gasteiger partial charge on any atom is 0.573 e. The van der Waals surface area contributed by atoms with E-state index in [2.05, 4.69) is 20.4 Å². The van der Waals surface area contributed by atoms with Crippen molar-refractivity contribution in [3.8, 4) is 5.75 Å². The molecule has 1 aromatic carbocycles. The van der Waals surface area contributed by atoms with Crippen molar-refractivity contribution >= 4 is 46.6 Å². The third-order valence-corrected chi connectivity index (χ3v) is 5.92. The van der Waals surface area contributed by atoms with Crippen LogP contribution in [0.3, 0.4) is 0 Å². The molecule has 3 rings (SSSR count). The fourth-order valence-electron chi connectivity index (χ4n) is 3.23. The summed E-state index contributed by atoms with van der Waals surface area (Å²) in [4.78, 5) is 16.2. The van der Waals surface area contributed by atoms with Crippen molar-refractivity contribution < 1.29 is 53.4 Å². The first-order valence-electron chi connectivity index (χ1n) is 10.6. The number of rotatable bonds is 8. The number of nitrogens with zero attached hydrogens (tertiary/aromatic N) is 1. The van der Waals surface area contributed by atoms with Gasteiger partial charge in [-0.15, -0.1) is 13.2 Å². The van der Waals surface area contributed by atoms with Gasteiger partial charge in [0, 0.05) is 41.4 Å². The van der Waals surface area contributed by atoms with Crippen LogP contribution in [-0.2, 0) is 5.67 Å². The van der Waals surface area contributed by atoms with E-state index in [9.17, 15) is 48.7 Å². The zero-order valence-electron chi connectivity index (χ0n) is 19.3. The molecule has 0 bridgehead atoms. The molecule has 2 aromatic rings. The molecule has 218 valence electrons. The molecule has 6 nitrogen and oxygen atoms in total. The maximum absolute atomic E-state index is 14.5. The van der Waals surface area contributed by atoms with E-state index in [-0.39, 0.29) is 34.0 Å². The van der Waals surface area contributed by atoms with Gasteiger partial charge in [0.1, 0.15) is 10.8 Å². The van der Waals surface area contributed by atoms with Crippen molar-refractivity contribution in [1.29, 1.82) is 5.41 Å². The number of benzene rings is 1. The number of alkyl halides is 10. The number of carbonyl (C=O) groups excluding carboxylic acids is 1. The quantitative estimate of drug-likeness (QED) is 0.160. The highest BCUT2D eigenvalue weighted by molar-refractivity contribution is 6.34. The summed E-state index contributed by atoms with van der Waals surface area (Å²) in [6, 6.07) is 0.482. The van der Waals surface area contributed by atoms with E-state index < -0.39 is 58.4 Å². The Labute approximate surface area is 227 Å². The lowest BCUT2D eigenvalue weighted by Gasteiger charge is -2.31. The summed E-state index contributed by atoms with van der Waals surface area (Å²) in [5, 5.41) is 10.9. The van der Waals surface area contributed by atoms with E-state index >= 15 is 0 Å². The first-order valence-corrected chi connectivity index (χ1v) is 11.4. The number of allylic oxidation sites excluding steroid dienone is 1. The minimum atomic E-state index is -6.64. The summed E-state index contributed by atoms with van der Waals surface area (Å²) >= 11 is 11.6. The smallest absolute Gasteiger partial charge is 0.403 e. The van der Waals surface area contributed by atoms with E-state index in [1.54, 1.807) is 0 Å². The van der Waals surface area contributed by atoms with E-state index in [1.165, 1.54) is 6.07 Å². The Hall–Kier alpha value is -3.27. The molecule has 1 amide bonds. The number of aromatic nitrogens is 1. The zero-order valence-corrected chi connectivity index (χ0v) is 20.8. The monoisotopic (exact) mass is 626 g/mol. The summed E-state index contributed by atoms with van der Waals surface area (Å²) in [5.74, 6) is -2.35. The molecule has 1 aromatic heterocycles. The summed E-state index contributed by atoms with van der Waals surface area (Å²) in [6.07, 6.45) is -15.0. The molecule has 0 atom stereocenters. The number of amides is 1. The number of halogens is 12. The minimum Gasteiger partial charge on any atom is -0.403 e. The van der Waals surface area contributed by atoms with E-state index in [4.69, 9.17) is 28.6 Å². The molecule has 0 spiro atoms. The fraction of sp³-hybridized carbons (Fsp3) is 0.318. The van der Waals surface area contributed by atoms with Gasteiger partial charge in [0.2, 0.25) is 0 Å². The van der Waals surface area contributed by atoms with Crippen LogP contribution in [0.5, 0.6) is 5.75 Å². The van der Waals surface area contributed by atoms with Gasteiger partial charge in [-0.1, -0.05) is 23.2 Å². The van der Waals surface area contributed by atoms with Gasteiger partial charge in [-0.2, -0.15) is 26.3 Å². The highest BCUT2D eigenvalue weighted by Gasteiger charge is 2.73. The van der Waals surface area contributed by atoms with Crippen molar-refractivity contribution in [1.82, 2.24) is 10.3 Å². The van der Waals surface area contributed by atoms with Crippen molar-refractivity contribution in [2.45, 2.75) is 43.3 Å². The summed E-state index contributed by atoms with van der Waals surface area (Å²) in [5.41, 5.74) is -9.80. The van der Waals surface area contributed by atoms with Crippen LogP contribution in [0.2, 0.25) is 10.2 Å². The Kier molecular flexibility index (Phi) is 8.56. The second-order valence-electron chi connectivity index (χ2n) is 8.23. The SMILES string of the molecule is N=C/C(=C\Nc1c(Cl)cc(C(F)(C(F)(F)F)C(F)(F)F)cc1OC(F)(F)F)c1cnc(Cl)c(C(=O)NC2CC2)c1. The van der Waals surface area contributed by atoms with Gasteiger partial charge in [0.25, 0.3) is 5.91 Å². The maximum atomic E-state index is 14.5. The summed E-state index contributed by atoms with van der Waals surface area (Å²) < 4.78 is 136. The van der Waals surface area contributed by atoms with Crippen LogP contribution in [0, 0.1) is 5.41 Å². The van der Waals surface area contributed by atoms with Crippen LogP contribution >= 0.6 is 23.2 Å². The van der Waals surface area contributed by atoms with Gasteiger partial charge in [-0.25, -0.2) is 9.37 Å². The van der Waals surface area contributed by atoms with Gasteiger partial charge in [-0.3, -0.25) is 4.79 Å². The standard InChI is InChI=1S/C22H14Cl2F10N4O2/c23-14-4-11(19(25,20(26,27)28)21(29,30)31)5-15(40-22(32,33)34)16(14)36-8-10(6-35)9-3-13(17(24)37-7-9)18(39)38-12-1-2-12/h3-8,12,35-36H,1-2H2,(H,38,39)/b10-8+,35-6?. The molecule has 0 unspecified atom stereocenters. The lowest BCUT2D eigenvalue weighted by molar-refractivity contribution is -0.348. The number of nitrogens with one attached hydrogen (secondary N) is 3. The molecule has 1 saturated carbocycles. The minimum absolute atomic E-state index is 0.00389. The first-order chi connectivity index (χ1) is 18.3. The third kappa shape index (κ3) is 6.71. The van der Waals surface area contributed by atoms with Crippen LogP contribution in [0.15, 0.2) is 30.6 Å². The van der Waals surface area contributed by atoms with Crippen LogP contribution < -0.4 is 15.4 Å². The Balaban J connectivity index is 2.08. The predicted octanol–water partition coefficient (Wildman–Crippen LogP) is 7.57. The average molecular weight is 627 g/mol. The highest BCUT2D eigenvalue weighted by Crippen LogP contribution is 2.55. The third-order valence-electron chi connectivity index (χ3n) is 5.32. The molecule has 0 aliphatic heterocycles. The average Bonchev–Trinajstić information content (AvgIpc) is 3.62. The van der Waals surface area contributed by atoms with Gasteiger partial charge in [0.15, 0.2) is 5.75 Å². The number of pyridine rings is 1. The highest BCUT2D eigenvalue weighted by atomic mass is 35.5. The molecule has 1 fully saturated rings. The largest absolute Gasteiger partial charge is 0.573 e. The van der Waals surface area contributed by atoms with E-state index in [1.807, 2.05) is 0 Å². The topological polar surface area (TPSA) is 87.1 Å². The van der Waals surface area contributed by atoms with Crippen molar-refractivity contribution in [2.75, 3.05) is 5.32 Å². The Morgan fingerprint density at radius 2 is 1.60 bits per heavy atom. The molecule has 18 heteroatoms. The molecular weight excluding hydrogens is 613 g/mol. The lowest BCUT2D eigenvalue weighted by Crippen LogP contribution is -2.50. The first kappa shape index (κ1) is 31.3. The number of anilines is 1. The van der Waals surface area contributed by atoms with Crippen molar-refractivity contribution in [3.63, 3.8) is 0 Å². The number of ether oxygens (including phenoxy) is 1. The molecule has 3 N–H and O–H groups in total. The van der Waals surface area contributed by atoms with Crippen LogP contribution in [0.25, 0.3) is 5.57 Å². The van der Waals surface area contributed by atoms with Crippen LogP contribution in [-0.4, -0.2) is 41.9 Å². The normalized spacial score (nSPS) is 15.1. The van der Waals surface area contributed by atoms with Gasteiger partial charge < -0.3 is 20.8 Å². The van der Waals surface area contributed by atoms with Gasteiger partial charge in [-0.05, 0) is 31.0 Å². The Bertz CT molecular complexity index is 1320. The molecular formula is C22H14Cl2F10N4O2. The molecule has 0 radical (unpaired) electrons. The number of hydrogen-bond donors (Lipinski definition) is 3. The van der Waals surface area contributed by atoms with Crippen LogP contribution in [0.1, 0.15) is 34.3 Å². The summed E-state index contributed by atoms with van der Waals surface area (Å²) in [6.45, 7) is 0. The van der Waals surface area contributed by atoms with E-state index in [0.717, 1.165) is 25.2 Å². The fourth-order valence-corrected chi connectivity index (χ4v) is 3.68. The number of carbonyl (C=O) groups is 1.